The highest BCUT2D eigenvalue weighted by Gasteiger charge is 2.42. The van der Waals surface area contributed by atoms with Gasteiger partial charge in [0.05, 0.1) is 30.8 Å². The molecule has 4 rings (SSSR count). The number of ketones is 1. The monoisotopic (exact) mass is 598 g/mol. The Balaban J connectivity index is 1.03. The van der Waals surface area contributed by atoms with Crippen molar-refractivity contribution in [2.24, 2.45) is 17.8 Å². The Kier molecular flexibility index (Phi) is 12.5. The highest BCUT2D eigenvalue weighted by atomic mass is 16.5. The van der Waals surface area contributed by atoms with Gasteiger partial charge in [-0.25, -0.2) is 0 Å². The standard InChI is InChI=1S/C33H50N4O6/c1-22(2)32(40)23-8-10-25(11-9-23)36-29(38)7-5-18-42-26-12-14-27(15-13-26)43-19-17-35-33(41)28-20-30(39)37(3)31(28)24-6-4-16-34-21-24/h4,6,16,21-23,25-28,31H,5,7-15,17-20H2,1-3H3,(H,35,41)(H,36,38)/t23?,25?,26?,27?,28-,31+/m0/s1. The summed E-state index contributed by atoms with van der Waals surface area (Å²) >= 11 is 0. The molecule has 238 valence electrons. The zero-order valence-corrected chi connectivity index (χ0v) is 26.1. The molecule has 0 radical (unpaired) electrons. The van der Waals surface area contributed by atoms with Crippen LogP contribution in [0.25, 0.3) is 0 Å². The maximum absolute atomic E-state index is 12.9. The lowest BCUT2D eigenvalue weighted by molar-refractivity contribution is -0.128. The number of nitrogens with one attached hydrogen (secondary N) is 2. The fourth-order valence-corrected chi connectivity index (χ4v) is 6.78. The molecule has 1 saturated heterocycles. The van der Waals surface area contributed by atoms with E-state index in [0.717, 1.165) is 56.9 Å². The number of rotatable bonds is 14. The average molecular weight is 599 g/mol. The van der Waals surface area contributed by atoms with E-state index >= 15 is 0 Å². The number of likely N-dealkylation sites (tertiary alicyclic amines) is 1. The van der Waals surface area contributed by atoms with Gasteiger partial charge in [0.2, 0.25) is 17.7 Å². The Morgan fingerprint density at radius 2 is 1.67 bits per heavy atom. The summed E-state index contributed by atoms with van der Waals surface area (Å²) in [5.74, 6) is 0.0610. The first-order valence-corrected chi connectivity index (χ1v) is 16.2. The molecule has 1 aliphatic heterocycles. The Labute approximate surface area is 256 Å². The highest BCUT2D eigenvalue weighted by Crippen LogP contribution is 2.36. The third-order valence-corrected chi connectivity index (χ3v) is 9.29. The number of carbonyl (C=O) groups is 4. The molecule has 2 aliphatic carbocycles. The topological polar surface area (TPSA) is 127 Å². The normalized spacial score (nSPS) is 27.7. The first-order valence-electron chi connectivity index (χ1n) is 16.2. The van der Waals surface area contributed by atoms with Crippen LogP contribution in [-0.4, -0.2) is 78.4 Å². The Morgan fingerprint density at radius 3 is 2.30 bits per heavy atom. The lowest BCUT2D eigenvalue weighted by Gasteiger charge is -2.29. The molecule has 0 unspecified atom stereocenters. The maximum atomic E-state index is 12.9. The highest BCUT2D eigenvalue weighted by molar-refractivity contribution is 5.90. The van der Waals surface area contributed by atoms with E-state index in [1.165, 1.54) is 0 Å². The number of amides is 3. The van der Waals surface area contributed by atoms with Gasteiger partial charge >= 0.3 is 0 Å². The summed E-state index contributed by atoms with van der Waals surface area (Å²) in [4.78, 5) is 55.6. The van der Waals surface area contributed by atoms with Gasteiger partial charge in [-0.15, -0.1) is 0 Å². The number of Topliss-reactive ketones (excluding diaryl/α,β-unsaturated/α-hetero) is 1. The molecule has 43 heavy (non-hydrogen) atoms. The summed E-state index contributed by atoms with van der Waals surface area (Å²) in [6.07, 6.45) is 12.3. The van der Waals surface area contributed by atoms with Crippen LogP contribution in [0.3, 0.4) is 0 Å². The van der Waals surface area contributed by atoms with Crippen LogP contribution in [0.5, 0.6) is 0 Å². The molecule has 3 aliphatic rings. The van der Waals surface area contributed by atoms with Crippen molar-refractivity contribution in [1.29, 1.82) is 0 Å². The van der Waals surface area contributed by atoms with Gasteiger partial charge in [0.25, 0.3) is 0 Å². The molecular formula is C33H50N4O6. The van der Waals surface area contributed by atoms with Crippen LogP contribution in [0.15, 0.2) is 24.5 Å². The molecule has 10 heteroatoms. The van der Waals surface area contributed by atoms with Crippen molar-refractivity contribution in [1.82, 2.24) is 20.5 Å². The lowest BCUT2D eigenvalue weighted by atomic mass is 9.80. The van der Waals surface area contributed by atoms with E-state index in [1.807, 2.05) is 26.0 Å². The number of pyridine rings is 1. The average Bonchev–Trinajstić information content (AvgIpc) is 3.32. The van der Waals surface area contributed by atoms with Crippen LogP contribution in [0.4, 0.5) is 0 Å². The summed E-state index contributed by atoms with van der Waals surface area (Å²) in [6.45, 7) is 5.33. The van der Waals surface area contributed by atoms with Crippen LogP contribution in [0, 0.1) is 17.8 Å². The van der Waals surface area contributed by atoms with Gasteiger partial charge in [-0.3, -0.25) is 24.2 Å². The Morgan fingerprint density at radius 1 is 1.00 bits per heavy atom. The number of nitrogens with zero attached hydrogens (tertiary/aromatic N) is 2. The van der Waals surface area contributed by atoms with Crippen molar-refractivity contribution < 1.29 is 28.7 Å². The van der Waals surface area contributed by atoms with Crippen LogP contribution < -0.4 is 10.6 Å². The van der Waals surface area contributed by atoms with Crippen molar-refractivity contribution in [3.05, 3.63) is 30.1 Å². The van der Waals surface area contributed by atoms with Crippen LogP contribution >= 0.6 is 0 Å². The van der Waals surface area contributed by atoms with Crippen molar-refractivity contribution in [3.63, 3.8) is 0 Å². The summed E-state index contributed by atoms with van der Waals surface area (Å²) < 4.78 is 12.1. The van der Waals surface area contributed by atoms with Crippen molar-refractivity contribution >= 4 is 23.5 Å². The molecule has 1 aromatic rings. The van der Waals surface area contributed by atoms with Crippen LogP contribution in [0.1, 0.15) is 96.1 Å². The number of aromatic nitrogens is 1. The van der Waals surface area contributed by atoms with Gasteiger partial charge in [-0.1, -0.05) is 19.9 Å². The quantitative estimate of drug-likeness (QED) is 0.313. The van der Waals surface area contributed by atoms with Crippen molar-refractivity contribution in [2.45, 2.75) is 109 Å². The van der Waals surface area contributed by atoms with Crippen molar-refractivity contribution in [3.8, 4) is 0 Å². The largest absolute Gasteiger partial charge is 0.378 e. The number of hydrogen-bond donors (Lipinski definition) is 2. The minimum Gasteiger partial charge on any atom is -0.378 e. The Bertz CT molecular complexity index is 1070. The van der Waals surface area contributed by atoms with Crippen LogP contribution in [-0.2, 0) is 28.7 Å². The Hall–Kier alpha value is -2.85. The second kappa shape index (κ2) is 16.3. The third-order valence-electron chi connectivity index (χ3n) is 9.29. The zero-order chi connectivity index (χ0) is 30.8. The predicted molar refractivity (Wildman–Crippen MR) is 162 cm³/mol. The third kappa shape index (κ3) is 9.57. The van der Waals surface area contributed by atoms with Crippen molar-refractivity contribution in [2.75, 3.05) is 26.8 Å². The molecule has 3 amide bonds. The number of carbonyl (C=O) groups excluding carboxylic acids is 4. The summed E-state index contributed by atoms with van der Waals surface area (Å²) in [5.41, 5.74) is 0.865. The minimum absolute atomic E-state index is 0.0400. The van der Waals surface area contributed by atoms with E-state index in [-0.39, 0.29) is 60.3 Å². The van der Waals surface area contributed by atoms with E-state index in [1.54, 1.807) is 24.3 Å². The van der Waals surface area contributed by atoms with E-state index in [4.69, 9.17) is 9.47 Å². The summed E-state index contributed by atoms with van der Waals surface area (Å²) in [7, 11) is 1.74. The van der Waals surface area contributed by atoms with Gasteiger partial charge < -0.3 is 25.0 Å². The van der Waals surface area contributed by atoms with Gasteiger partial charge in [0.1, 0.15) is 5.78 Å². The molecule has 10 nitrogen and oxygen atoms in total. The van der Waals surface area contributed by atoms with Gasteiger partial charge in [0, 0.05) is 63.3 Å². The predicted octanol–water partition coefficient (Wildman–Crippen LogP) is 3.74. The molecule has 2 saturated carbocycles. The second-order valence-corrected chi connectivity index (χ2v) is 12.8. The molecule has 2 N–H and O–H groups in total. The van der Waals surface area contributed by atoms with Gasteiger partial charge in [-0.2, -0.15) is 0 Å². The van der Waals surface area contributed by atoms with Crippen LogP contribution in [0.2, 0.25) is 0 Å². The molecular weight excluding hydrogens is 548 g/mol. The first kappa shape index (κ1) is 33.1. The molecule has 0 spiro atoms. The molecule has 2 atom stereocenters. The minimum atomic E-state index is -0.443. The molecule has 1 aromatic heterocycles. The first-order chi connectivity index (χ1) is 20.7. The summed E-state index contributed by atoms with van der Waals surface area (Å²) in [5, 5.41) is 6.10. The van der Waals surface area contributed by atoms with E-state index < -0.39 is 5.92 Å². The van der Waals surface area contributed by atoms with Gasteiger partial charge in [-0.05, 0) is 69.4 Å². The van der Waals surface area contributed by atoms with E-state index in [0.29, 0.717) is 38.4 Å². The lowest BCUT2D eigenvalue weighted by Crippen LogP contribution is -2.39. The smallest absolute Gasteiger partial charge is 0.226 e. The second-order valence-electron chi connectivity index (χ2n) is 12.8. The summed E-state index contributed by atoms with van der Waals surface area (Å²) in [6, 6.07) is 3.60. The molecule has 3 fully saturated rings. The maximum Gasteiger partial charge on any atom is 0.226 e. The fourth-order valence-electron chi connectivity index (χ4n) is 6.78. The molecule has 2 heterocycles. The van der Waals surface area contributed by atoms with E-state index in [9.17, 15) is 19.2 Å². The van der Waals surface area contributed by atoms with Gasteiger partial charge in [0.15, 0.2) is 0 Å². The SMILES string of the molecule is CC(C)C(=O)C1CCC(NC(=O)CCCOC2CCC(OCCNC(=O)[C@H]3CC(=O)N(C)[C@@H]3c3cccnc3)CC2)CC1. The van der Waals surface area contributed by atoms with E-state index in [2.05, 4.69) is 15.6 Å². The molecule has 0 bridgehead atoms. The zero-order valence-electron chi connectivity index (χ0n) is 26.1. The number of ether oxygens (including phenoxy) is 2. The fraction of sp³-hybridized carbons (Fsp3) is 0.727. The molecule has 0 aromatic carbocycles. The number of hydrogen-bond acceptors (Lipinski definition) is 7.